The first-order valence-electron chi connectivity index (χ1n) is 14.6. The van der Waals surface area contributed by atoms with Crippen LogP contribution in [-0.2, 0) is 27.4 Å². The van der Waals surface area contributed by atoms with Crippen molar-refractivity contribution in [2.24, 2.45) is 0 Å². The Hall–Kier alpha value is -4.89. The summed E-state index contributed by atoms with van der Waals surface area (Å²) < 4.78 is 36.3. The minimum atomic E-state index is -3.36. The largest absolute Gasteiger partial charge is 0.494 e. The average Bonchev–Trinajstić information content (AvgIpc) is 2.98. The fourth-order valence-electron chi connectivity index (χ4n) is 5.14. The number of carbonyl (C=O) groups is 1. The first-order valence-corrected chi connectivity index (χ1v) is 16.6. The van der Waals surface area contributed by atoms with Crippen molar-refractivity contribution in [3.05, 3.63) is 120 Å². The maximum atomic E-state index is 13.4. The average molecular weight is 624 g/mol. The molecular weight excluding hydrogens is 586 g/mol. The molecule has 5 rings (SSSR count). The van der Waals surface area contributed by atoms with E-state index in [1.807, 2.05) is 93.6 Å². The lowest BCUT2D eigenvalue weighted by atomic mass is 9.85. The van der Waals surface area contributed by atoms with Crippen molar-refractivity contribution in [3.63, 3.8) is 0 Å². The Bertz CT molecular complexity index is 1950. The van der Waals surface area contributed by atoms with E-state index in [0.29, 0.717) is 40.6 Å². The van der Waals surface area contributed by atoms with E-state index in [1.54, 1.807) is 12.3 Å². The van der Waals surface area contributed by atoms with Crippen molar-refractivity contribution in [2.75, 3.05) is 24.0 Å². The van der Waals surface area contributed by atoms with Gasteiger partial charge in [-0.3, -0.25) is 4.98 Å². The lowest BCUT2D eigenvalue weighted by molar-refractivity contribution is 0.262. The standard InChI is InChI=1S/C36H37N3O5S/c1-36(2,3)26-20-25(23-45(5,41)42)34(43-4)32(21-26)39-35(40)38-31-15-16-33(30-14-10-9-13-29(30)31)44-28-17-18-37-27(22-28)19-24-11-7-6-8-12-24/h6-18,20-22H,19,23H2,1-5H3,(H2,38,39,40). The molecule has 0 unspecified atom stereocenters. The van der Waals surface area contributed by atoms with Crippen LogP contribution in [0.15, 0.2) is 97.2 Å². The number of fused-ring (bicyclic) bond motifs is 1. The number of hydrogen-bond acceptors (Lipinski definition) is 6. The summed E-state index contributed by atoms with van der Waals surface area (Å²) in [5.74, 6) is 1.39. The molecule has 0 spiro atoms. The minimum Gasteiger partial charge on any atom is -0.494 e. The Balaban J connectivity index is 1.40. The number of hydrogen-bond donors (Lipinski definition) is 2. The SMILES string of the molecule is COc1c(CS(C)(=O)=O)cc(C(C)(C)C)cc1NC(=O)Nc1ccc(Oc2ccnc(Cc3ccccc3)c2)c2ccccc12. The quantitative estimate of drug-likeness (QED) is 0.172. The zero-order valence-corrected chi connectivity index (χ0v) is 26.9. The van der Waals surface area contributed by atoms with E-state index in [4.69, 9.17) is 9.47 Å². The predicted molar refractivity (Wildman–Crippen MR) is 180 cm³/mol. The first kappa shape index (κ1) is 31.5. The summed E-state index contributed by atoms with van der Waals surface area (Å²) in [7, 11) is -1.90. The van der Waals surface area contributed by atoms with Gasteiger partial charge in [0.25, 0.3) is 0 Å². The smallest absolute Gasteiger partial charge is 0.323 e. The Labute approximate surface area is 264 Å². The van der Waals surface area contributed by atoms with E-state index in [-0.39, 0.29) is 11.2 Å². The molecule has 0 fully saturated rings. The highest BCUT2D eigenvalue weighted by Gasteiger charge is 2.23. The van der Waals surface area contributed by atoms with Gasteiger partial charge in [0.05, 0.1) is 24.2 Å². The van der Waals surface area contributed by atoms with Gasteiger partial charge in [-0.1, -0.05) is 81.4 Å². The molecule has 0 atom stereocenters. The Kier molecular flexibility index (Phi) is 9.11. The molecule has 2 N–H and O–H groups in total. The molecular formula is C36H37N3O5S. The van der Waals surface area contributed by atoms with E-state index >= 15 is 0 Å². The van der Waals surface area contributed by atoms with Gasteiger partial charge in [0, 0.05) is 47.0 Å². The third kappa shape index (κ3) is 7.99. The minimum absolute atomic E-state index is 0.215. The molecule has 2 amide bonds. The number of benzene rings is 4. The Morgan fingerprint density at radius 3 is 2.22 bits per heavy atom. The number of aromatic nitrogens is 1. The molecule has 0 bridgehead atoms. The van der Waals surface area contributed by atoms with Gasteiger partial charge in [-0.25, -0.2) is 13.2 Å². The molecule has 9 heteroatoms. The maximum absolute atomic E-state index is 13.4. The second kappa shape index (κ2) is 13.0. The van der Waals surface area contributed by atoms with Crippen molar-refractivity contribution < 1.29 is 22.7 Å². The summed E-state index contributed by atoms with van der Waals surface area (Å²) in [5.41, 5.74) is 4.07. The number of nitrogens with zero attached hydrogens (tertiary/aromatic N) is 1. The zero-order valence-electron chi connectivity index (χ0n) is 26.0. The van der Waals surface area contributed by atoms with Gasteiger partial charge in [0.15, 0.2) is 9.84 Å². The highest BCUT2D eigenvalue weighted by Crippen LogP contribution is 2.37. The molecule has 45 heavy (non-hydrogen) atoms. The molecule has 8 nitrogen and oxygen atoms in total. The number of carbonyl (C=O) groups excluding carboxylic acids is 1. The summed E-state index contributed by atoms with van der Waals surface area (Å²) in [6.07, 6.45) is 3.60. The van der Waals surface area contributed by atoms with Crippen molar-refractivity contribution in [2.45, 2.75) is 38.4 Å². The zero-order chi connectivity index (χ0) is 32.2. The van der Waals surface area contributed by atoms with E-state index < -0.39 is 15.9 Å². The summed E-state index contributed by atoms with van der Waals surface area (Å²) in [4.78, 5) is 17.9. The third-order valence-corrected chi connectivity index (χ3v) is 8.11. The lowest BCUT2D eigenvalue weighted by Gasteiger charge is -2.24. The van der Waals surface area contributed by atoms with Crippen molar-refractivity contribution in [1.82, 2.24) is 4.98 Å². The molecule has 5 aromatic rings. The van der Waals surface area contributed by atoms with Crippen LogP contribution in [0.25, 0.3) is 10.8 Å². The van der Waals surface area contributed by atoms with Gasteiger partial charge >= 0.3 is 6.03 Å². The number of methoxy groups -OCH3 is 1. The van der Waals surface area contributed by atoms with Crippen molar-refractivity contribution in [3.8, 4) is 17.2 Å². The van der Waals surface area contributed by atoms with E-state index in [0.717, 1.165) is 27.6 Å². The van der Waals surface area contributed by atoms with Crippen LogP contribution in [0.4, 0.5) is 16.2 Å². The number of amides is 2. The lowest BCUT2D eigenvalue weighted by Crippen LogP contribution is -2.21. The van der Waals surface area contributed by atoms with Crippen molar-refractivity contribution >= 4 is 38.0 Å². The monoisotopic (exact) mass is 623 g/mol. The summed E-state index contributed by atoms with van der Waals surface area (Å²) in [6.45, 7) is 6.07. The fraction of sp³-hybridized carbons (Fsp3) is 0.222. The topological polar surface area (TPSA) is 107 Å². The number of rotatable bonds is 9. The van der Waals surface area contributed by atoms with Crippen molar-refractivity contribution in [1.29, 1.82) is 0 Å². The molecule has 0 aliphatic carbocycles. The molecule has 0 saturated heterocycles. The molecule has 4 aromatic carbocycles. The van der Waals surface area contributed by atoms with Crippen LogP contribution in [0, 0.1) is 0 Å². The fourth-order valence-corrected chi connectivity index (χ4v) is 5.92. The Morgan fingerprint density at radius 1 is 0.844 bits per heavy atom. The first-order chi connectivity index (χ1) is 21.4. The number of nitrogens with one attached hydrogen (secondary N) is 2. The van der Waals surface area contributed by atoms with Crippen LogP contribution < -0.4 is 20.1 Å². The number of anilines is 2. The molecule has 0 aliphatic rings. The van der Waals surface area contributed by atoms with Crippen LogP contribution in [0.5, 0.6) is 17.2 Å². The number of sulfone groups is 1. The van der Waals surface area contributed by atoms with Crippen LogP contribution in [0.1, 0.15) is 43.2 Å². The summed E-state index contributed by atoms with van der Waals surface area (Å²) in [5, 5.41) is 7.44. The number of pyridine rings is 1. The molecule has 0 saturated carbocycles. The van der Waals surface area contributed by atoms with Gasteiger partial charge < -0.3 is 20.1 Å². The van der Waals surface area contributed by atoms with Gasteiger partial charge in [0.2, 0.25) is 0 Å². The molecule has 1 aromatic heterocycles. The van der Waals surface area contributed by atoms with Gasteiger partial charge in [0.1, 0.15) is 17.2 Å². The van der Waals surface area contributed by atoms with Crippen LogP contribution in [0.2, 0.25) is 0 Å². The highest BCUT2D eigenvalue weighted by atomic mass is 32.2. The van der Waals surface area contributed by atoms with Gasteiger partial charge in [-0.05, 0) is 40.8 Å². The van der Waals surface area contributed by atoms with Gasteiger partial charge in [-0.15, -0.1) is 0 Å². The third-order valence-electron chi connectivity index (χ3n) is 7.28. The molecule has 1 heterocycles. The molecule has 0 aliphatic heterocycles. The Morgan fingerprint density at radius 2 is 1.53 bits per heavy atom. The highest BCUT2D eigenvalue weighted by molar-refractivity contribution is 7.89. The maximum Gasteiger partial charge on any atom is 0.323 e. The van der Waals surface area contributed by atoms with E-state index in [1.165, 1.54) is 13.4 Å². The summed E-state index contributed by atoms with van der Waals surface area (Å²) in [6, 6.07) is 28.3. The van der Waals surface area contributed by atoms with E-state index in [9.17, 15) is 13.2 Å². The molecule has 232 valence electrons. The van der Waals surface area contributed by atoms with Crippen LogP contribution >= 0.6 is 0 Å². The van der Waals surface area contributed by atoms with Crippen LogP contribution in [-0.4, -0.2) is 32.8 Å². The summed E-state index contributed by atoms with van der Waals surface area (Å²) >= 11 is 0. The second-order valence-electron chi connectivity index (χ2n) is 12.0. The normalized spacial score (nSPS) is 11.7. The predicted octanol–water partition coefficient (Wildman–Crippen LogP) is 8.11. The van der Waals surface area contributed by atoms with Gasteiger partial charge in [-0.2, -0.15) is 0 Å². The molecule has 0 radical (unpaired) electrons. The number of ether oxygens (including phenoxy) is 2. The van der Waals surface area contributed by atoms with Crippen LogP contribution in [0.3, 0.4) is 0 Å². The van der Waals surface area contributed by atoms with E-state index in [2.05, 4.69) is 27.8 Å². The number of urea groups is 1. The second-order valence-corrected chi connectivity index (χ2v) is 14.2.